The molecule has 0 rings (SSSR count). The molecule has 0 saturated heterocycles. The van der Waals surface area contributed by atoms with Crippen molar-refractivity contribution in [3.63, 3.8) is 0 Å². The fourth-order valence-corrected chi connectivity index (χ4v) is 0.821. The van der Waals surface area contributed by atoms with E-state index >= 15 is 0 Å². The second-order valence-corrected chi connectivity index (χ2v) is 2.77. The summed E-state index contributed by atoms with van der Waals surface area (Å²) >= 11 is 14.2. The van der Waals surface area contributed by atoms with Gasteiger partial charge in [0.25, 0.3) is 0 Å². The standard InChI is InChI=1S/C4H6Cl2OS/c5-2-3(6)1-4(7)8/h3H,1-2H2,(H,7,8). The van der Waals surface area contributed by atoms with Crippen molar-refractivity contribution < 1.29 is 4.79 Å². The van der Waals surface area contributed by atoms with E-state index in [-0.39, 0.29) is 16.9 Å². The summed E-state index contributed by atoms with van der Waals surface area (Å²) in [6, 6.07) is 0. The third-order valence-electron chi connectivity index (χ3n) is 0.564. The smallest absolute Gasteiger partial charge is 0.187 e. The van der Waals surface area contributed by atoms with Gasteiger partial charge in [0.15, 0.2) is 5.12 Å². The number of thiol groups is 1. The lowest BCUT2D eigenvalue weighted by Crippen LogP contribution is -2.03. The van der Waals surface area contributed by atoms with Crippen molar-refractivity contribution in [2.45, 2.75) is 11.8 Å². The maximum atomic E-state index is 10.1. The van der Waals surface area contributed by atoms with E-state index in [1.165, 1.54) is 0 Å². The fraction of sp³-hybridized carbons (Fsp3) is 0.750. The Balaban J connectivity index is 3.24. The Kier molecular flexibility index (Phi) is 4.81. The highest BCUT2D eigenvalue weighted by atomic mass is 35.5. The van der Waals surface area contributed by atoms with E-state index in [0.717, 1.165) is 0 Å². The molecule has 0 amide bonds. The van der Waals surface area contributed by atoms with Crippen LogP contribution in [0, 0.1) is 0 Å². The Morgan fingerprint density at radius 1 is 1.75 bits per heavy atom. The molecule has 0 aromatic rings. The van der Waals surface area contributed by atoms with Gasteiger partial charge in [-0.25, -0.2) is 0 Å². The molecule has 1 nitrogen and oxygen atoms in total. The van der Waals surface area contributed by atoms with Crippen LogP contribution in [0.25, 0.3) is 0 Å². The van der Waals surface area contributed by atoms with E-state index in [0.29, 0.717) is 5.88 Å². The zero-order chi connectivity index (χ0) is 6.57. The molecule has 8 heavy (non-hydrogen) atoms. The minimum atomic E-state index is -0.262. The molecule has 1 unspecified atom stereocenters. The monoisotopic (exact) mass is 172 g/mol. The van der Waals surface area contributed by atoms with Crippen molar-refractivity contribution in [1.82, 2.24) is 0 Å². The van der Waals surface area contributed by atoms with E-state index in [4.69, 9.17) is 23.2 Å². The van der Waals surface area contributed by atoms with Gasteiger partial charge in [-0.2, -0.15) is 0 Å². The Labute approximate surface area is 63.8 Å². The molecule has 0 aromatic carbocycles. The summed E-state index contributed by atoms with van der Waals surface area (Å²) in [5, 5.41) is -0.479. The lowest BCUT2D eigenvalue weighted by Gasteiger charge is -1.97. The van der Waals surface area contributed by atoms with E-state index < -0.39 is 0 Å². The molecule has 0 heterocycles. The van der Waals surface area contributed by atoms with Crippen molar-refractivity contribution in [3.05, 3.63) is 0 Å². The first-order valence-electron chi connectivity index (χ1n) is 2.08. The van der Waals surface area contributed by atoms with Gasteiger partial charge < -0.3 is 0 Å². The van der Waals surface area contributed by atoms with Crippen LogP contribution in [-0.4, -0.2) is 16.4 Å². The van der Waals surface area contributed by atoms with Gasteiger partial charge in [-0.15, -0.1) is 35.8 Å². The quantitative estimate of drug-likeness (QED) is 0.507. The molecular formula is C4H6Cl2OS. The molecule has 0 aliphatic rings. The first kappa shape index (κ1) is 8.60. The Hall–Kier alpha value is 0.600. The second kappa shape index (κ2) is 4.48. The van der Waals surface area contributed by atoms with Crippen LogP contribution in [0.1, 0.15) is 6.42 Å². The van der Waals surface area contributed by atoms with Crippen LogP contribution in [0.15, 0.2) is 0 Å². The third kappa shape index (κ3) is 4.75. The molecule has 4 heteroatoms. The molecule has 48 valence electrons. The second-order valence-electron chi connectivity index (χ2n) is 1.35. The highest BCUT2D eigenvalue weighted by Crippen LogP contribution is 2.05. The Morgan fingerprint density at radius 3 is 2.38 bits per heavy atom. The minimum Gasteiger partial charge on any atom is -0.287 e. The van der Waals surface area contributed by atoms with Gasteiger partial charge in [0.2, 0.25) is 0 Å². The number of carbonyl (C=O) groups excluding carboxylic acids is 1. The Morgan fingerprint density at radius 2 is 2.25 bits per heavy atom. The molecular weight excluding hydrogens is 167 g/mol. The number of hydrogen-bond donors (Lipinski definition) is 1. The van der Waals surface area contributed by atoms with E-state index in [1.54, 1.807) is 0 Å². The molecule has 0 bridgehead atoms. The first-order chi connectivity index (χ1) is 3.66. The largest absolute Gasteiger partial charge is 0.287 e. The summed E-state index contributed by atoms with van der Waals surface area (Å²) in [5.74, 6) is 0.299. The number of rotatable bonds is 3. The summed E-state index contributed by atoms with van der Waals surface area (Å²) in [6.07, 6.45) is 0.244. The summed E-state index contributed by atoms with van der Waals surface area (Å²) < 4.78 is 0. The normalized spacial score (nSPS) is 13.4. The highest BCUT2D eigenvalue weighted by molar-refractivity contribution is 7.96. The van der Waals surface area contributed by atoms with Gasteiger partial charge in [-0.1, -0.05) is 0 Å². The molecule has 0 aliphatic carbocycles. The van der Waals surface area contributed by atoms with Crippen LogP contribution >= 0.6 is 35.8 Å². The van der Waals surface area contributed by atoms with Gasteiger partial charge in [0.05, 0.1) is 5.38 Å². The maximum absolute atomic E-state index is 10.1. The lowest BCUT2D eigenvalue weighted by atomic mass is 10.4. The maximum Gasteiger partial charge on any atom is 0.187 e. The van der Waals surface area contributed by atoms with Crippen LogP contribution < -0.4 is 0 Å². The first-order valence-corrected chi connectivity index (χ1v) is 3.50. The van der Waals surface area contributed by atoms with Crippen molar-refractivity contribution in [1.29, 1.82) is 0 Å². The molecule has 0 spiro atoms. The molecule has 0 saturated carbocycles. The van der Waals surface area contributed by atoms with Crippen molar-refractivity contribution in [2.24, 2.45) is 0 Å². The Bertz CT molecular complexity index is 86.1. The highest BCUT2D eigenvalue weighted by Gasteiger charge is 2.04. The topological polar surface area (TPSA) is 17.1 Å². The van der Waals surface area contributed by atoms with Gasteiger partial charge in [-0.3, -0.25) is 4.79 Å². The molecule has 0 N–H and O–H groups in total. The average Bonchev–Trinajstić information content (AvgIpc) is 1.65. The van der Waals surface area contributed by atoms with Gasteiger partial charge in [-0.05, 0) is 0 Å². The van der Waals surface area contributed by atoms with Crippen molar-refractivity contribution in [2.75, 3.05) is 5.88 Å². The van der Waals surface area contributed by atoms with Crippen LogP contribution in [0.2, 0.25) is 0 Å². The van der Waals surface area contributed by atoms with Crippen LogP contribution in [0.5, 0.6) is 0 Å². The SMILES string of the molecule is O=C(S)CC(Cl)CCl. The summed E-state index contributed by atoms with van der Waals surface area (Å²) in [6.45, 7) is 0. The van der Waals surface area contributed by atoms with E-state index in [1.807, 2.05) is 0 Å². The third-order valence-corrected chi connectivity index (χ3v) is 1.59. The van der Waals surface area contributed by atoms with Crippen LogP contribution in [0.4, 0.5) is 0 Å². The zero-order valence-corrected chi connectivity index (χ0v) is 6.51. The minimum absolute atomic E-state index is 0.217. The molecule has 0 aliphatic heterocycles. The van der Waals surface area contributed by atoms with Crippen molar-refractivity contribution in [3.8, 4) is 0 Å². The van der Waals surface area contributed by atoms with E-state index in [2.05, 4.69) is 12.6 Å². The summed E-state index contributed by atoms with van der Waals surface area (Å²) in [5.41, 5.74) is 0. The summed E-state index contributed by atoms with van der Waals surface area (Å²) in [4.78, 5) is 10.1. The average molecular weight is 173 g/mol. The molecule has 0 fully saturated rings. The number of halogens is 2. The predicted octanol–water partition coefficient (Wildman–Crippen LogP) is 1.68. The molecule has 0 aromatic heterocycles. The molecule has 0 radical (unpaired) electrons. The predicted molar refractivity (Wildman–Crippen MR) is 39.0 cm³/mol. The number of hydrogen-bond acceptors (Lipinski definition) is 1. The van der Waals surface area contributed by atoms with Crippen molar-refractivity contribution >= 4 is 40.9 Å². The van der Waals surface area contributed by atoms with E-state index in [9.17, 15) is 4.79 Å². The number of alkyl halides is 2. The summed E-state index contributed by atoms with van der Waals surface area (Å²) in [7, 11) is 0. The molecule has 1 atom stereocenters. The van der Waals surface area contributed by atoms with Gasteiger partial charge in [0.1, 0.15) is 0 Å². The van der Waals surface area contributed by atoms with Gasteiger partial charge >= 0.3 is 0 Å². The fourth-order valence-electron chi connectivity index (χ4n) is 0.244. The van der Waals surface area contributed by atoms with Crippen LogP contribution in [-0.2, 0) is 4.79 Å². The lowest BCUT2D eigenvalue weighted by molar-refractivity contribution is -0.110. The zero-order valence-electron chi connectivity index (χ0n) is 4.10. The number of carbonyl (C=O) groups is 1. The van der Waals surface area contributed by atoms with Gasteiger partial charge in [0, 0.05) is 12.3 Å². The van der Waals surface area contributed by atoms with Crippen LogP contribution in [0.3, 0.4) is 0 Å².